The Kier molecular flexibility index (Phi) is 4.76. The van der Waals surface area contributed by atoms with Gasteiger partial charge in [0.15, 0.2) is 5.84 Å². The number of nitrogens with two attached hydrogens (primary N) is 1. The summed E-state index contributed by atoms with van der Waals surface area (Å²) in [6.45, 7) is 2.63. The molecule has 5 heteroatoms. The van der Waals surface area contributed by atoms with Gasteiger partial charge in [-0.25, -0.2) is 0 Å². The molecule has 1 unspecified atom stereocenters. The summed E-state index contributed by atoms with van der Waals surface area (Å²) < 4.78 is 1.06. The number of oxime groups is 1. The Hall–Kier alpha value is -1.07. The normalized spacial score (nSPS) is 14.1. The first kappa shape index (κ1) is 13.0. The minimum absolute atomic E-state index is 0.0999. The molecule has 0 spiro atoms. The van der Waals surface area contributed by atoms with Crippen molar-refractivity contribution < 1.29 is 5.21 Å². The van der Waals surface area contributed by atoms with Crippen LogP contribution in [-0.4, -0.2) is 29.0 Å². The van der Waals surface area contributed by atoms with Crippen LogP contribution in [0.4, 0.5) is 0 Å². The summed E-state index contributed by atoms with van der Waals surface area (Å²) in [5.41, 5.74) is 6.72. The van der Waals surface area contributed by atoms with Gasteiger partial charge in [-0.15, -0.1) is 0 Å². The van der Waals surface area contributed by atoms with Gasteiger partial charge in [0.1, 0.15) is 0 Å². The van der Waals surface area contributed by atoms with Crippen molar-refractivity contribution in [3.63, 3.8) is 0 Å². The van der Waals surface area contributed by atoms with Gasteiger partial charge in [0.25, 0.3) is 0 Å². The summed E-state index contributed by atoms with van der Waals surface area (Å²) in [6, 6.07) is 7.90. The lowest BCUT2D eigenvalue weighted by molar-refractivity contribution is 0.279. The van der Waals surface area contributed by atoms with E-state index in [9.17, 15) is 0 Å². The van der Waals surface area contributed by atoms with Crippen LogP contribution in [0.25, 0.3) is 0 Å². The van der Waals surface area contributed by atoms with E-state index in [4.69, 9.17) is 10.9 Å². The van der Waals surface area contributed by atoms with Gasteiger partial charge in [-0.3, -0.25) is 4.90 Å². The van der Waals surface area contributed by atoms with Crippen LogP contribution in [-0.2, 0) is 6.54 Å². The average molecular weight is 286 g/mol. The standard InChI is InChI=1S/C11H16BrN3O/c1-8(11(13)14-16)15(2)7-9-5-3-4-6-10(9)12/h3-6,8,16H,7H2,1-2H3,(H2,13,14). The zero-order valence-corrected chi connectivity index (χ0v) is 11.0. The number of benzene rings is 1. The number of amidine groups is 1. The van der Waals surface area contributed by atoms with Crippen molar-refractivity contribution >= 4 is 21.8 Å². The summed E-state index contributed by atoms with van der Waals surface area (Å²) >= 11 is 3.49. The molecule has 4 nitrogen and oxygen atoms in total. The van der Waals surface area contributed by atoms with Crippen molar-refractivity contribution in [2.45, 2.75) is 19.5 Å². The molecular formula is C11H16BrN3O. The van der Waals surface area contributed by atoms with Crippen LogP contribution in [0.3, 0.4) is 0 Å². The molecule has 3 N–H and O–H groups in total. The fourth-order valence-corrected chi connectivity index (χ4v) is 1.75. The lowest BCUT2D eigenvalue weighted by atomic mass is 10.2. The van der Waals surface area contributed by atoms with Crippen LogP contribution in [0.15, 0.2) is 33.9 Å². The largest absolute Gasteiger partial charge is 0.409 e. The average Bonchev–Trinajstić information content (AvgIpc) is 2.30. The van der Waals surface area contributed by atoms with Gasteiger partial charge in [0, 0.05) is 11.0 Å². The van der Waals surface area contributed by atoms with E-state index in [-0.39, 0.29) is 11.9 Å². The number of halogens is 1. The molecule has 1 aromatic carbocycles. The van der Waals surface area contributed by atoms with Crippen LogP contribution in [0.5, 0.6) is 0 Å². The van der Waals surface area contributed by atoms with Crippen LogP contribution in [0, 0.1) is 0 Å². The van der Waals surface area contributed by atoms with Crippen LogP contribution >= 0.6 is 15.9 Å². The third kappa shape index (κ3) is 3.21. The van der Waals surface area contributed by atoms with Gasteiger partial charge in [-0.05, 0) is 25.6 Å². The second-order valence-corrected chi connectivity index (χ2v) is 4.56. The molecule has 0 saturated heterocycles. The van der Waals surface area contributed by atoms with E-state index in [1.807, 2.05) is 43.1 Å². The molecule has 0 aliphatic heterocycles. The first-order chi connectivity index (χ1) is 7.56. The molecule has 0 bridgehead atoms. The monoisotopic (exact) mass is 285 g/mol. The van der Waals surface area contributed by atoms with E-state index in [1.165, 1.54) is 5.56 Å². The molecule has 88 valence electrons. The number of hydrogen-bond donors (Lipinski definition) is 2. The molecule has 16 heavy (non-hydrogen) atoms. The molecule has 0 saturated carbocycles. The quantitative estimate of drug-likeness (QED) is 0.385. The minimum atomic E-state index is -0.0999. The van der Waals surface area contributed by atoms with E-state index < -0.39 is 0 Å². The predicted octanol–water partition coefficient (Wildman–Crippen LogP) is 2.02. The number of nitrogens with zero attached hydrogens (tertiary/aromatic N) is 2. The van der Waals surface area contributed by atoms with Crippen molar-refractivity contribution in [3.05, 3.63) is 34.3 Å². The smallest absolute Gasteiger partial charge is 0.156 e. The fourth-order valence-electron chi connectivity index (χ4n) is 1.34. The summed E-state index contributed by atoms with van der Waals surface area (Å²) in [5.74, 6) is 0.217. The summed E-state index contributed by atoms with van der Waals surface area (Å²) in [7, 11) is 1.93. The summed E-state index contributed by atoms with van der Waals surface area (Å²) in [4.78, 5) is 2.01. The Morgan fingerprint density at radius 3 is 2.75 bits per heavy atom. The summed E-state index contributed by atoms with van der Waals surface area (Å²) in [5, 5.41) is 11.6. The Balaban J connectivity index is 2.72. The van der Waals surface area contributed by atoms with Gasteiger partial charge in [-0.2, -0.15) is 0 Å². The first-order valence-corrected chi connectivity index (χ1v) is 5.76. The molecule has 0 aliphatic carbocycles. The molecule has 1 atom stereocenters. The van der Waals surface area contributed by atoms with Gasteiger partial charge in [0.2, 0.25) is 0 Å². The third-order valence-corrected chi connectivity index (χ3v) is 3.36. The first-order valence-electron chi connectivity index (χ1n) is 4.97. The Morgan fingerprint density at radius 1 is 1.56 bits per heavy atom. The Bertz CT molecular complexity index is 381. The molecule has 0 heterocycles. The van der Waals surface area contributed by atoms with Crippen molar-refractivity contribution in [2.75, 3.05) is 7.05 Å². The molecule has 1 aromatic rings. The zero-order valence-electron chi connectivity index (χ0n) is 9.39. The highest BCUT2D eigenvalue weighted by molar-refractivity contribution is 9.10. The van der Waals surface area contributed by atoms with E-state index in [1.54, 1.807) is 0 Å². The lowest BCUT2D eigenvalue weighted by Crippen LogP contribution is -2.40. The maximum absolute atomic E-state index is 8.60. The predicted molar refractivity (Wildman–Crippen MR) is 68.5 cm³/mol. The SMILES string of the molecule is CC(C(N)=NO)N(C)Cc1ccccc1Br. The van der Waals surface area contributed by atoms with Gasteiger partial charge in [-0.1, -0.05) is 39.3 Å². The molecule has 0 aliphatic rings. The van der Waals surface area contributed by atoms with E-state index in [0.717, 1.165) is 11.0 Å². The highest BCUT2D eigenvalue weighted by Crippen LogP contribution is 2.18. The molecule has 0 radical (unpaired) electrons. The number of hydrogen-bond acceptors (Lipinski definition) is 3. The lowest BCUT2D eigenvalue weighted by Gasteiger charge is -2.23. The van der Waals surface area contributed by atoms with Gasteiger partial charge < -0.3 is 10.9 Å². The van der Waals surface area contributed by atoms with Crippen molar-refractivity contribution in [2.24, 2.45) is 10.9 Å². The fraction of sp³-hybridized carbons (Fsp3) is 0.364. The third-order valence-electron chi connectivity index (χ3n) is 2.58. The topological polar surface area (TPSA) is 61.9 Å². The van der Waals surface area contributed by atoms with E-state index >= 15 is 0 Å². The van der Waals surface area contributed by atoms with Gasteiger partial charge in [0.05, 0.1) is 6.04 Å². The van der Waals surface area contributed by atoms with Crippen LogP contribution in [0.2, 0.25) is 0 Å². The zero-order chi connectivity index (χ0) is 12.1. The molecule has 0 amide bonds. The maximum Gasteiger partial charge on any atom is 0.156 e. The van der Waals surface area contributed by atoms with Crippen LogP contribution < -0.4 is 5.73 Å². The summed E-state index contributed by atoms with van der Waals surface area (Å²) in [6.07, 6.45) is 0. The Labute approximate surface area is 104 Å². The second-order valence-electron chi connectivity index (χ2n) is 3.71. The molecule has 0 aromatic heterocycles. The molecule has 1 rings (SSSR count). The highest BCUT2D eigenvalue weighted by Gasteiger charge is 2.14. The minimum Gasteiger partial charge on any atom is -0.409 e. The number of likely N-dealkylation sites (N-methyl/N-ethyl adjacent to an activating group) is 1. The van der Waals surface area contributed by atoms with Crippen molar-refractivity contribution in [3.8, 4) is 0 Å². The highest BCUT2D eigenvalue weighted by atomic mass is 79.9. The van der Waals surface area contributed by atoms with E-state index in [2.05, 4.69) is 21.1 Å². The molecular weight excluding hydrogens is 270 g/mol. The van der Waals surface area contributed by atoms with Crippen LogP contribution in [0.1, 0.15) is 12.5 Å². The number of rotatable bonds is 4. The van der Waals surface area contributed by atoms with Crippen molar-refractivity contribution in [1.29, 1.82) is 0 Å². The van der Waals surface area contributed by atoms with Crippen molar-refractivity contribution in [1.82, 2.24) is 4.90 Å². The maximum atomic E-state index is 8.60. The van der Waals surface area contributed by atoms with Gasteiger partial charge >= 0.3 is 0 Å². The van der Waals surface area contributed by atoms with E-state index in [0.29, 0.717) is 0 Å². The Morgan fingerprint density at radius 2 is 2.19 bits per heavy atom. The second kappa shape index (κ2) is 5.86. The molecule has 0 fully saturated rings.